The number of thiazole rings is 1. The molecule has 1 fully saturated rings. The van der Waals surface area contributed by atoms with Crippen LogP contribution in [0, 0.1) is 0 Å². The molecule has 5 rings (SSSR count). The molecule has 3 aromatic rings. The van der Waals surface area contributed by atoms with Crippen molar-refractivity contribution >= 4 is 46.3 Å². The molecular weight excluding hydrogens is 616 g/mol. The Labute approximate surface area is 242 Å². The number of thioether (sulfide) groups is 1. The molecule has 2 aromatic heterocycles. The van der Waals surface area contributed by atoms with Crippen molar-refractivity contribution in [2.24, 2.45) is 5.16 Å². The van der Waals surface area contributed by atoms with Crippen LogP contribution in [-0.4, -0.2) is 50.5 Å². The van der Waals surface area contributed by atoms with Crippen molar-refractivity contribution in [3.05, 3.63) is 68.3 Å². The van der Waals surface area contributed by atoms with Gasteiger partial charge in [0, 0.05) is 41.4 Å². The van der Waals surface area contributed by atoms with Crippen LogP contribution in [0.15, 0.2) is 45.9 Å². The Morgan fingerprint density at radius 2 is 1.83 bits per heavy atom. The van der Waals surface area contributed by atoms with E-state index in [1.54, 1.807) is 10.3 Å². The van der Waals surface area contributed by atoms with Crippen LogP contribution in [0.1, 0.15) is 58.8 Å². The highest BCUT2D eigenvalue weighted by atomic mass is 35.5. The molecule has 7 nitrogen and oxygen atoms in total. The SMILES string of the molecule is O=C(CSc1ccc(C(F)(F)F)nn1)N1CCC(c2nc(C3=NOC(c4c(Cl)cccc4C(F)(F)F)C3)cs2)CC1. The summed E-state index contributed by atoms with van der Waals surface area (Å²) >= 11 is 8.54. The molecule has 0 N–H and O–H groups in total. The molecule has 2 aliphatic heterocycles. The molecule has 41 heavy (non-hydrogen) atoms. The maximum atomic E-state index is 13.5. The molecule has 2 aliphatic rings. The quantitative estimate of drug-likeness (QED) is 0.215. The number of amides is 1. The summed E-state index contributed by atoms with van der Waals surface area (Å²) < 4.78 is 78.5. The monoisotopic (exact) mass is 635 g/mol. The van der Waals surface area contributed by atoms with Gasteiger partial charge in [-0.15, -0.1) is 21.5 Å². The van der Waals surface area contributed by atoms with E-state index >= 15 is 0 Å². The van der Waals surface area contributed by atoms with E-state index in [1.165, 1.54) is 29.5 Å². The third-order valence-corrected chi connectivity index (χ3v) is 8.88. The van der Waals surface area contributed by atoms with Crippen LogP contribution in [0.5, 0.6) is 0 Å². The highest BCUT2D eigenvalue weighted by molar-refractivity contribution is 7.99. The molecule has 1 atom stereocenters. The number of rotatable bonds is 6. The number of halogens is 7. The zero-order valence-electron chi connectivity index (χ0n) is 20.9. The van der Waals surface area contributed by atoms with E-state index in [9.17, 15) is 31.1 Å². The molecule has 0 radical (unpaired) electrons. The summed E-state index contributed by atoms with van der Waals surface area (Å²) in [6.07, 6.45) is -8.75. The summed E-state index contributed by atoms with van der Waals surface area (Å²) in [5.74, 6) is -0.0455. The van der Waals surface area contributed by atoms with Crippen molar-refractivity contribution < 1.29 is 36.0 Å². The minimum atomic E-state index is -4.59. The number of hydrogen-bond acceptors (Lipinski definition) is 8. The van der Waals surface area contributed by atoms with Gasteiger partial charge in [-0.25, -0.2) is 4.98 Å². The standard InChI is InChI=1S/C25H20ClF6N5O2S2/c26-15-3-1-2-14(24(27,28)29)22(15)18-10-16(36-39-18)17-11-41-23(33-17)13-6-8-37(9-7-13)21(38)12-40-20-5-4-19(34-35-20)25(30,31)32/h1-5,11,13,18H,6-10,12H2. The minimum Gasteiger partial charge on any atom is -0.387 e. The van der Waals surface area contributed by atoms with Crippen molar-refractivity contribution in [1.29, 1.82) is 0 Å². The molecule has 0 spiro atoms. The third kappa shape index (κ3) is 6.78. The topological polar surface area (TPSA) is 80.6 Å². The van der Waals surface area contributed by atoms with Gasteiger partial charge in [-0.2, -0.15) is 26.3 Å². The average molecular weight is 636 g/mol. The lowest BCUT2D eigenvalue weighted by atomic mass is 9.97. The molecule has 1 saturated heterocycles. The Balaban J connectivity index is 1.14. The first kappa shape index (κ1) is 29.6. The van der Waals surface area contributed by atoms with E-state index in [0.717, 1.165) is 28.9 Å². The lowest BCUT2D eigenvalue weighted by molar-refractivity contribution is -0.142. The van der Waals surface area contributed by atoms with Crippen molar-refractivity contribution in [2.45, 2.75) is 48.7 Å². The summed E-state index contributed by atoms with van der Waals surface area (Å²) in [6.45, 7) is 0.965. The average Bonchev–Trinajstić information content (AvgIpc) is 3.61. The van der Waals surface area contributed by atoms with E-state index in [2.05, 4.69) is 20.3 Å². The Bertz CT molecular complexity index is 1440. The van der Waals surface area contributed by atoms with Crippen LogP contribution < -0.4 is 0 Å². The predicted molar refractivity (Wildman–Crippen MR) is 140 cm³/mol. The van der Waals surface area contributed by atoms with E-state index in [0.29, 0.717) is 37.3 Å². The van der Waals surface area contributed by atoms with Gasteiger partial charge in [0.2, 0.25) is 5.91 Å². The van der Waals surface area contributed by atoms with Gasteiger partial charge >= 0.3 is 12.4 Å². The van der Waals surface area contributed by atoms with Gasteiger partial charge < -0.3 is 9.74 Å². The van der Waals surface area contributed by atoms with Crippen LogP contribution in [0.25, 0.3) is 0 Å². The zero-order valence-corrected chi connectivity index (χ0v) is 23.3. The molecule has 218 valence electrons. The smallest absolute Gasteiger partial charge is 0.387 e. The Kier molecular flexibility index (Phi) is 8.48. The van der Waals surface area contributed by atoms with Gasteiger partial charge in [0.25, 0.3) is 0 Å². The summed E-state index contributed by atoms with van der Waals surface area (Å²) in [5, 5.41) is 13.5. The Morgan fingerprint density at radius 1 is 1.07 bits per heavy atom. The molecule has 0 aliphatic carbocycles. The van der Waals surface area contributed by atoms with Crippen molar-refractivity contribution in [2.75, 3.05) is 18.8 Å². The summed E-state index contributed by atoms with van der Waals surface area (Å²) in [6, 6.07) is 5.60. The fourth-order valence-corrected chi connectivity index (χ4v) is 6.57. The zero-order chi connectivity index (χ0) is 29.4. The summed E-state index contributed by atoms with van der Waals surface area (Å²) in [4.78, 5) is 24.3. The first-order chi connectivity index (χ1) is 19.4. The number of carbonyl (C=O) groups is 1. The van der Waals surface area contributed by atoms with Gasteiger partial charge in [-0.05, 0) is 37.1 Å². The highest BCUT2D eigenvalue weighted by Gasteiger charge is 2.39. The number of nitrogens with zero attached hydrogens (tertiary/aromatic N) is 5. The number of likely N-dealkylation sites (tertiary alicyclic amines) is 1. The van der Waals surface area contributed by atoms with Gasteiger partial charge in [-0.1, -0.05) is 34.6 Å². The summed E-state index contributed by atoms with van der Waals surface area (Å²) in [5.41, 5.74) is -1.15. The summed E-state index contributed by atoms with van der Waals surface area (Å²) in [7, 11) is 0. The van der Waals surface area contributed by atoms with Crippen LogP contribution in [0.3, 0.4) is 0 Å². The third-order valence-electron chi connectivity index (χ3n) is 6.64. The van der Waals surface area contributed by atoms with Gasteiger partial charge in [-0.3, -0.25) is 4.79 Å². The van der Waals surface area contributed by atoms with Crippen LogP contribution in [-0.2, 0) is 22.0 Å². The second kappa shape index (κ2) is 11.8. The minimum absolute atomic E-state index is 0.0224. The molecule has 1 unspecified atom stereocenters. The van der Waals surface area contributed by atoms with Gasteiger partial charge in [0.1, 0.15) is 10.7 Å². The fraction of sp³-hybridized carbons (Fsp3) is 0.400. The number of carbonyl (C=O) groups excluding carboxylic acids is 1. The van der Waals surface area contributed by atoms with Crippen LogP contribution in [0.4, 0.5) is 26.3 Å². The van der Waals surface area contributed by atoms with Gasteiger partial charge in [0.05, 0.1) is 22.0 Å². The largest absolute Gasteiger partial charge is 0.435 e. The first-order valence-electron chi connectivity index (χ1n) is 12.3. The number of alkyl halides is 6. The highest BCUT2D eigenvalue weighted by Crippen LogP contribution is 2.42. The first-order valence-corrected chi connectivity index (χ1v) is 14.5. The fourth-order valence-electron chi connectivity index (χ4n) is 4.55. The maximum absolute atomic E-state index is 13.5. The van der Waals surface area contributed by atoms with E-state index in [4.69, 9.17) is 16.4 Å². The number of piperidine rings is 1. The van der Waals surface area contributed by atoms with Crippen molar-refractivity contribution in [3.63, 3.8) is 0 Å². The lowest BCUT2D eigenvalue weighted by Crippen LogP contribution is -2.38. The predicted octanol–water partition coefficient (Wildman–Crippen LogP) is 6.99. The molecule has 16 heteroatoms. The molecule has 1 aromatic carbocycles. The number of benzene rings is 1. The Morgan fingerprint density at radius 3 is 2.49 bits per heavy atom. The molecule has 4 heterocycles. The Hall–Kier alpha value is -2.91. The van der Waals surface area contributed by atoms with E-state index in [-0.39, 0.29) is 39.6 Å². The normalized spacial score (nSPS) is 18.4. The number of oxime groups is 1. The molecule has 0 bridgehead atoms. The molecular formula is C25H20ClF6N5O2S2. The molecule has 1 amide bonds. The molecule has 0 saturated carbocycles. The second-order valence-corrected chi connectivity index (χ2v) is 11.6. The number of aromatic nitrogens is 3. The van der Waals surface area contributed by atoms with E-state index < -0.39 is 29.7 Å². The maximum Gasteiger partial charge on any atom is 0.435 e. The van der Waals surface area contributed by atoms with Crippen LogP contribution >= 0.6 is 34.7 Å². The number of hydrogen-bond donors (Lipinski definition) is 0. The van der Waals surface area contributed by atoms with E-state index in [1.807, 2.05) is 0 Å². The van der Waals surface area contributed by atoms with Gasteiger partial charge in [0.15, 0.2) is 11.8 Å². The van der Waals surface area contributed by atoms with Crippen LogP contribution in [0.2, 0.25) is 5.02 Å². The van der Waals surface area contributed by atoms with Crippen molar-refractivity contribution in [1.82, 2.24) is 20.1 Å². The second-order valence-electron chi connectivity index (χ2n) is 9.30. The van der Waals surface area contributed by atoms with Crippen molar-refractivity contribution in [3.8, 4) is 0 Å². The lowest BCUT2D eigenvalue weighted by Gasteiger charge is -2.31.